The van der Waals surface area contributed by atoms with Crippen LogP contribution in [0.2, 0.25) is 0 Å². The van der Waals surface area contributed by atoms with Gasteiger partial charge in [-0.3, -0.25) is 19.6 Å². The third-order valence-corrected chi connectivity index (χ3v) is 3.78. The number of hydrogen-bond donors (Lipinski definition) is 8. The summed E-state index contributed by atoms with van der Waals surface area (Å²) in [6.07, 6.45) is 0.476. The van der Waals surface area contributed by atoms with Gasteiger partial charge in [-0.15, -0.1) is 0 Å². The molecule has 33 heavy (non-hydrogen) atoms. The van der Waals surface area contributed by atoms with Crippen LogP contribution in [0.3, 0.4) is 0 Å². The molecule has 3 amide bonds. The quantitative estimate of drug-likeness (QED) is 0.0463. The van der Waals surface area contributed by atoms with Crippen LogP contribution in [0, 0.1) is 0 Å². The summed E-state index contributed by atoms with van der Waals surface area (Å²) in [4.78, 5) is 65.3. The fourth-order valence-corrected chi connectivity index (χ4v) is 2.33. The number of aliphatic carboxylic acids is 1. The summed E-state index contributed by atoms with van der Waals surface area (Å²) in [5.41, 5.74) is 20.8. The molecule has 0 aromatic heterocycles. The van der Waals surface area contributed by atoms with Crippen LogP contribution in [-0.2, 0) is 23.9 Å². The van der Waals surface area contributed by atoms with Crippen molar-refractivity contribution >= 4 is 42.1 Å². The normalized spacial score (nSPS) is 11.8. The highest BCUT2D eigenvalue weighted by molar-refractivity contribution is 5.90. The summed E-state index contributed by atoms with van der Waals surface area (Å²) in [5, 5.41) is 15.5. The van der Waals surface area contributed by atoms with Gasteiger partial charge >= 0.3 is 12.1 Å². The number of alkyl carbamates (subject to hydrolysis) is 1. The average molecular weight is 473 g/mol. The molecule has 0 saturated carbocycles. The lowest BCUT2D eigenvalue weighted by Crippen LogP contribution is -2.50. The summed E-state index contributed by atoms with van der Waals surface area (Å²) in [6, 6.07) is -1.96. The van der Waals surface area contributed by atoms with E-state index in [0.29, 0.717) is 12.7 Å². The van der Waals surface area contributed by atoms with Gasteiger partial charge in [0.2, 0.25) is 11.8 Å². The van der Waals surface area contributed by atoms with Crippen LogP contribution in [0.15, 0.2) is 9.98 Å². The molecule has 0 aliphatic rings. The standard InChI is InChI=1S/C17H31N9O7/c18-15(19)22-5-1-3-10(8-27)25-12(28)7-24-14(31)11(4-2-6-23-16(20)21)26-17(32)33-9-13(29)30/h8,10-11H,1-7,9H2,(H,24,31)(H,25,28)(H,26,32)(H,29,30)(H4,18,19,22)(H4,20,21,23)/t10-,11+/m0/s1. The van der Waals surface area contributed by atoms with Crippen molar-refractivity contribution in [2.45, 2.75) is 37.8 Å². The molecule has 12 N–H and O–H groups in total. The Balaban J connectivity index is 4.72. The smallest absolute Gasteiger partial charge is 0.408 e. The van der Waals surface area contributed by atoms with Crippen LogP contribution in [-0.4, -0.2) is 85.5 Å². The molecular formula is C17H31N9O7. The summed E-state index contributed by atoms with van der Waals surface area (Å²) in [5.74, 6) is -2.99. The van der Waals surface area contributed by atoms with Gasteiger partial charge in [-0.25, -0.2) is 9.59 Å². The number of carbonyl (C=O) groups excluding carboxylic acids is 4. The molecule has 0 aliphatic carbocycles. The number of amides is 3. The number of rotatable bonds is 16. The Morgan fingerprint density at radius 1 is 0.939 bits per heavy atom. The maximum atomic E-state index is 12.4. The first kappa shape index (κ1) is 28.9. The largest absolute Gasteiger partial charge is 0.479 e. The Morgan fingerprint density at radius 2 is 1.52 bits per heavy atom. The summed E-state index contributed by atoms with van der Waals surface area (Å²) in [6.45, 7) is -0.927. The molecule has 0 heterocycles. The molecule has 0 rings (SSSR count). The third kappa shape index (κ3) is 16.3. The van der Waals surface area contributed by atoms with Gasteiger partial charge in [0.15, 0.2) is 18.5 Å². The molecule has 0 unspecified atom stereocenters. The zero-order chi connectivity index (χ0) is 25.2. The Labute approximate surface area is 189 Å². The number of aliphatic imine (C=N–C) groups is 2. The maximum Gasteiger partial charge on any atom is 0.408 e. The van der Waals surface area contributed by atoms with Gasteiger partial charge in [-0.05, 0) is 25.7 Å². The van der Waals surface area contributed by atoms with Crippen LogP contribution in [0.5, 0.6) is 0 Å². The highest BCUT2D eigenvalue weighted by Gasteiger charge is 2.22. The number of hydrogen-bond acceptors (Lipinski definition) is 8. The second kappa shape index (κ2) is 16.6. The first-order valence-corrected chi connectivity index (χ1v) is 9.83. The van der Waals surface area contributed by atoms with Crippen molar-refractivity contribution in [1.82, 2.24) is 16.0 Å². The van der Waals surface area contributed by atoms with Crippen molar-refractivity contribution in [2.24, 2.45) is 32.9 Å². The van der Waals surface area contributed by atoms with E-state index in [1.807, 2.05) is 0 Å². The SMILES string of the molecule is NC(N)=NCCC[C@@H](C=O)NC(=O)CNC(=O)[C@@H](CCCN=C(N)N)NC(=O)OCC(=O)O. The number of nitrogens with two attached hydrogens (primary N) is 4. The van der Waals surface area contributed by atoms with Gasteiger partial charge < -0.3 is 53.5 Å². The Bertz CT molecular complexity index is 734. The molecule has 0 fully saturated rings. The van der Waals surface area contributed by atoms with E-state index in [0.717, 1.165) is 0 Å². The van der Waals surface area contributed by atoms with Gasteiger partial charge in [0.05, 0.1) is 12.6 Å². The highest BCUT2D eigenvalue weighted by Crippen LogP contribution is 2.00. The van der Waals surface area contributed by atoms with E-state index in [1.54, 1.807) is 0 Å². The minimum Gasteiger partial charge on any atom is -0.479 e. The van der Waals surface area contributed by atoms with Gasteiger partial charge in [0, 0.05) is 13.1 Å². The lowest BCUT2D eigenvalue weighted by molar-refractivity contribution is -0.140. The van der Waals surface area contributed by atoms with E-state index < -0.39 is 49.1 Å². The van der Waals surface area contributed by atoms with Crippen LogP contribution in [0.25, 0.3) is 0 Å². The molecule has 0 aromatic carbocycles. The number of carboxylic acid groups (broad SMARTS) is 1. The Kier molecular flexibility index (Phi) is 14.5. The first-order valence-electron chi connectivity index (χ1n) is 9.83. The van der Waals surface area contributed by atoms with Gasteiger partial charge in [0.25, 0.3) is 0 Å². The molecule has 0 bridgehead atoms. The highest BCUT2D eigenvalue weighted by atomic mass is 16.6. The van der Waals surface area contributed by atoms with Gasteiger partial charge in [-0.1, -0.05) is 0 Å². The zero-order valence-corrected chi connectivity index (χ0v) is 18.0. The summed E-state index contributed by atoms with van der Waals surface area (Å²) < 4.78 is 4.44. The summed E-state index contributed by atoms with van der Waals surface area (Å²) >= 11 is 0. The van der Waals surface area contributed by atoms with Crippen molar-refractivity contribution in [3.8, 4) is 0 Å². The van der Waals surface area contributed by atoms with Gasteiger partial charge in [-0.2, -0.15) is 0 Å². The molecule has 0 aromatic rings. The Hall–Kier alpha value is -4.11. The molecule has 16 heteroatoms. The second-order valence-electron chi connectivity index (χ2n) is 6.59. The number of carboxylic acids is 1. The molecule has 0 saturated heterocycles. The van der Waals surface area contributed by atoms with Crippen LogP contribution in [0.1, 0.15) is 25.7 Å². The van der Waals surface area contributed by atoms with Crippen molar-refractivity contribution < 1.29 is 33.8 Å². The lowest BCUT2D eigenvalue weighted by atomic mass is 10.1. The molecular weight excluding hydrogens is 442 g/mol. The number of nitrogens with zero attached hydrogens (tertiary/aromatic N) is 2. The Morgan fingerprint density at radius 3 is 2.03 bits per heavy atom. The number of carbonyl (C=O) groups is 5. The minimum atomic E-state index is -1.38. The minimum absolute atomic E-state index is 0.0636. The molecule has 0 spiro atoms. The van der Waals surface area contributed by atoms with E-state index in [2.05, 4.69) is 30.7 Å². The number of nitrogens with one attached hydrogen (secondary N) is 3. The molecule has 0 aliphatic heterocycles. The number of ether oxygens (including phenoxy) is 1. The molecule has 0 radical (unpaired) electrons. The monoisotopic (exact) mass is 473 g/mol. The lowest BCUT2D eigenvalue weighted by Gasteiger charge is -2.18. The van der Waals surface area contributed by atoms with E-state index >= 15 is 0 Å². The average Bonchev–Trinajstić information content (AvgIpc) is 2.74. The predicted octanol–water partition coefficient (Wildman–Crippen LogP) is -3.93. The maximum absolute atomic E-state index is 12.4. The van der Waals surface area contributed by atoms with Crippen LogP contribution < -0.4 is 38.9 Å². The predicted molar refractivity (Wildman–Crippen MR) is 117 cm³/mol. The second-order valence-corrected chi connectivity index (χ2v) is 6.59. The molecule has 2 atom stereocenters. The van der Waals surface area contributed by atoms with Crippen molar-refractivity contribution in [3.63, 3.8) is 0 Å². The fourth-order valence-electron chi connectivity index (χ4n) is 2.33. The topological polar surface area (TPSA) is 280 Å². The van der Waals surface area contributed by atoms with Gasteiger partial charge in [0.1, 0.15) is 12.3 Å². The first-order chi connectivity index (χ1) is 15.5. The van der Waals surface area contributed by atoms with Crippen molar-refractivity contribution in [1.29, 1.82) is 0 Å². The van der Waals surface area contributed by atoms with E-state index in [9.17, 15) is 24.0 Å². The van der Waals surface area contributed by atoms with Crippen molar-refractivity contribution in [3.05, 3.63) is 0 Å². The third-order valence-electron chi connectivity index (χ3n) is 3.78. The van der Waals surface area contributed by atoms with E-state index in [1.165, 1.54) is 0 Å². The number of aldehydes is 1. The zero-order valence-electron chi connectivity index (χ0n) is 18.0. The van der Waals surface area contributed by atoms with Crippen molar-refractivity contribution in [2.75, 3.05) is 26.2 Å². The van der Waals surface area contributed by atoms with E-state index in [4.69, 9.17) is 28.0 Å². The number of guanidine groups is 2. The summed E-state index contributed by atoms with van der Waals surface area (Å²) in [7, 11) is 0. The van der Waals surface area contributed by atoms with Crippen LogP contribution in [0.4, 0.5) is 4.79 Å². The van der Waals surface area contributed by atoms with Crippen LogP contribution >= 0.6 is 0 Å². The molecule has 186 valence electrons. The fraction of sp³-hybridized carbons (Fsp3) is 0.588. The molecule has 16 nitrogen and oxygen atoms in total. The van der Waals surface area contributed by atoms with E-state index in [-0.39, 0.29) is 44.3 Å².